The first-order chi connectivity index (χ1) is 9.51. The Hall–Kier alpha value is -2.43. The number of ether oxygens (including phenoxy) is 1. The molecule has 0 aromatic heterocycles. The van der Waals surface area contributed by atoms with E-state index in [1.54, 1.807) is 43.3 Å². The highest BCUT2D eigenvalue weighted by atomic mass is 16.6. The Morgan fingerprint density at radius 2 is 2.10 bits per heavy atom. The lowest BCUT2D eigenvalue weighted by Crippen LogP contribution is -2.33. The normalized spacial score (nSPS) is 21.1. The van der Waals surface area contributed by atoms with Crippen molar-refractivity contribution in [1.29, 1.82) is 0 Å². The van der Waals surface area contributed by atoms with Gasteiger partial charge in [-0.3, -0.25) is 14.9 Å². The third-order valence-corrected chi connectivity index (χ3v) is 3.21. The summed E-state index contributed by atoms with van der Waals surface area (Å²) in [6.45, 7) is 1.47. The van der Waals surface area contributed by atoms with Gasteiger partial charge in [0.25, 0.3) is 0 Å². The summed E-state index contributed by atoms with van der Waals surface area (Å²) < 4.78 is 5.37. The third-order valence-electron chi connectivity index (χ3n) is 3.21. The SMILES string of the molecule is CC1([N+](=O)[O-])C=CC(OCC(=O)c2ccccc2)=CC1. The monoisotopic (exact) mass is 273 g/mol. The molecular formula is C15H15NO4. The number of Topliss-reactive ketones (excluding diaryl/α,β-unsaturated/α-hetero) is 1. The van der Waals surface area contributed by atoms with Crippen LogP contribution in [0.3, 0.4) is 0 Å². The molecule has 1 atom stereocenters. The standard InChI is InChI=1S/C15H15NO4/c1-15(16(18)19)9-7-13(8-10-15)20-11-14(17)12-5-3-2-4-6-12/h2-9H,10-11H2,1H3. The summed E-state index contributed by atoms with van der Waals surface area (Å²) in [5.41, 5.74) is -0.501. The molecule has 1 aliphatic carbocycles. The van der Waals surface area contributed by atoms with Crippen LogP contribution in [0.4, 0.5) is 0 Å². The Labute approximate surface area is 116 Å². The van der Waals surface area contributed by atoms with E-state index in [1.807, 2.05) is 6.07 Å². The lowest BCUT2D eigenvalue weighted by molar-refractivity contribution is -0.549. The van der Waals surface area contributed by atoms with Crippen LogP contribution in [-0.2, 0) is 4.74 Å². The van der Waals surface area contributed by atoms with E-state index in [1.165, 1.54) is 6.08 Å². The van der Waals surface area contributed by atoms with Crippen molar-refractivity contribution >= 4 is 5.78 Å². The molecule has 0 saturated heterocycles. The van der Waals surface area contributed by atoms with E-state index in [0.717, 1.165) is 0 Å². The zero-order chi connectivity index (χ0) is 14.6. The van der Waals surface area contributed by atoms with Crippen molar-refractivity contribution in [2.75, 3.05) is 6.61 Å². The fraction of sp³-hybridized carbons (Fsp3) is 0.267. The summed E-state index contributed by atoms with van der Waals surface area (Å²) in [6.07, 6.45) is 4.94. The molecule has 20 heavy (non-hydrogen) atoms. The Morgan fingerprint density at radius 3 is 2.65 bits per heavy atom. The molecule has 0 amide bonds. The second-order valence-electron chi connectivity index (χ2n) is 4.84. The van der Waals surface area contributed by atoms with Gasteiger partial charge in [-0.1, -0.05) is 30.3 Å². The van der Waals surface area contributed by atoms with E-state index in [0.29, 0.717) is 11.3 Å². The van der Waals surface area contributed by atoms with Crippen LogP contribution in [-0.4, -0.2) is 22.9 Å². The van der Waals surface area contributed by atoms with Crippen LogP contribution in [0.5, 0.6) is 0 Å². The van der Waals surface area contributed by atoms with Crippen LogP contribution < -0.4 is 0 Å². The van der Waals surface area contributed by atoms with Crippen LogP contribution >= 0.6 is 0 Å². The Kier molecular flexibility index (Phi) is 3.98. The first-order valence-corrected chi connectivity index (χ1v) is 6.26. The van der Waals surface area contributed by atoms with Gasteiger partial charge in [0.05, 0.1) is 0 Å². The molecule has 1 aliphatic rings. The minimum absolute atomic E-state index is 0.0740. The molecule has 0 N–H and O–H groups in total. The van der Waals surface area contributed by atoms with Gasteiger partial charge in [-0.25, -0.2) is 0 Å². The molecule has 1 aromatic carbocycles. The number of nitrogens with zero attached hydrogens (tertiary/aromatic N) is 1. The van der Waals surface area contributed by atoms with Crippen molar-refractivity contribution in [3.63, 3.8) is 0 Å². The van der Waals surface area contributed by atoms with E-state index >= 15 is 0 Å². The predicted octanol–water partition coefficient (Wildman–Crippen LogP) is 2.77. The number of rotatable bonds is 5. The number of hydrogen-bond acceptors (Lipinski definition) is 4. The third kappa shape index (κ3) is 3.12. The smallest absolute Gasteiger partial charge is 0.241 e. The van der Waals surface area contributed by atoms with Crippen molar-refractivity contribution in [3.05, 3.63) is 70.0 Å². The molecule has 0 bridgehead atoms. The molecule has 1 unspecified atom stereocenters. The number of benzene rings is 1. The van der Waals surface area contributed by atoms with Crippen LogP contribution in [0, 0.1) is 10.1 Å². The molecule has 0 aliphatic heterocycles. The van der Waals surface area contributed by atoms with Gasteiger partial charge in [-0.05, 0) is 18.2 Å². The number of nitro groups is 1. The predicted molar refractivity (Wildman–Crippen MR) is 74.0 cm³/mol. The van der Waals surface area contributed by atoms with E-state index in [4.69, 9.17) is 4.74 Å². The van der Waals surface area contributed by atoms with Crippen LogP contribution in [0.1, 0.15) is 23.7 Å². The quantitative estimate of drug-likeness (QED) is 0.470. The Balaban J connectivity index is 1.91. The van der Waals surface area contributed by atoms with Crippen molar-refractivity contribution in [3.8, 4) is 0 Å². The zero-order valence-corrected chi connectivity index (χ0v) is 11.1. The van der Waals surface area contributed by atoms with Gasteiger partial charge in [-0.15, -0.1) is 0 Å². The van der Waals surface area contributed by atoms with E-state index in [9.17, 15) is 14.9 Å². The maximum absolute atomic E-state index is 11.8. The van der Waals surface area contributed by atoms with Gasteiger partial charge in [-0.2, -0.15) is 0 Å². The topological polar surface area (TPSA) is 69.4 Å². The fourth-order valence-electron chi connectivity index (χ4n) is 1.80. The summed E-state index contributed by atoms with van der Waals surface area (Å²) in [6, 6.07) is 8.86. The average Bonchev–Trinajstić information content (AvgIpc) is 2.47. The molecule has 0 heterocycles. The first kappa shape index (κ1) is 14.0. The van der Waals surface area contributed by atoms with Crippen molar-refractivity contribution in [2.24, 2.45) is 0 Å². The van der Waals surface area contributed by atoms with Crippen LogP contribution in [0.2, 0.25) is 0 Å². The molecule has 0 spiro atoms. The summed E-state index contributed by atoms with van der Waals surface area (Å²) in [5, 5.41) is 10.9. The zero-order valence-electron chi connectivity index (χ0n) is 11.1. The number of carbonyl (C=O) groups excluding carboxylic acids is 1. The minimum Gasteiger partial charge on any atom is -0.486 e. The van der Waals surface area contributed by atoms with Crippen molar-refractivity contribution in [2.45, 2.75) is 18.9 Å². The maximum atomic E-state index is 11.8. The van der Waals surface area contributed by atoms with Gasteiger partial charge < -0.3 is 4.74 Å². The van der Waals surface area contributed by atoms with Gasteiger partial charge in [0.1, 0.15) is 5.76 Å². The lowest BCUT2D eigenvalue weighted by Gasteiger charge is -2.19. The van der Waals surface area contributed by atoms with Crippen LogP contribution in [0.25, 0.3) is 0 Å². The molecule has 0 radical (unpaired) electrons. The Morgan fingerprint density at radius 1 is 1.40 bits per heavy atom. The molecule has 0 saturated carbocycles. The lowest BCUT2D eigenvalue weighted by atomic mass is 9.94. The summed E-state index contributed by atoms with van der Waals surface area (Å²) >= 11 is 0. The fourth-order valence-corrected chi connectivity index (χ4v) is 1.80. The van der Waals surface area contributed by atoms with Gasteiger partial charge in [0.15, 0.2) is 12.4 Å². The summed E-state index contributed by atoms with van der Waals surface area (Å²) in [7, 11) is 0. The second kappa shape index (κ2) is 5.69. The highest BCUT2D eigenvalue weighted by molar-refractivity contribution is 5.97. The molecule has 2 rings (SSSR count). The average molecular weight is 273 g/mol. The van der Waals surface area contributed by atoms with Gasteiger partial charge in [0, 0.05) is 23.8 Å². The summed E-state index contributed by atoms with van der Waals surface area (Å²) in [4.78, 5) is 22.4. The summed E-state index contributed by atoms with van der Waals surface area (Å²) in [5.74, 6) is 0.371. The van der Waals surface area contributed by atoms with E-state index in [-0.39, 0.29) is 23.7 Å². The minimum atomic E-state index is -1.09. The molecule has 5 nitrogen and oxygen atoms in total. The second-order valence-corrected chi connectivity index (χ2v) is 4.84. The van der Waals surface area contributed by atoms with Gasteiger partial charge in [0.2, 0.25) is 5.54 Å². The van der Waals surface area contributed by atoms with E-state index < -0.39 is 5.54 Å². The number of hydrogen-bond donors (Lipinski definition) is 0. The molecule has 0 fully saturated rings. The molecule has 1 aromatic rings. The maximum Gasteiger partial charge on any atom is 0.241 e. The van der Waals surface area contributed by atoms with E-state index in [2.05, 4.69) is 0 Å². The number of allylic oxidation sites excluding steroid dienone is 1. The first-order valence-electron chi connectivity index (χ1n) is 6.26. The molecule has 104 valence electrons. The largest absolute Gasteiger partial charge is 0.486 e. The number of ketones is 1. The molecular weight excluding hydrogens is 258 g/mol. The Bertz CT molecular complexity index is 577. The van der Waals surface area contributed by atoms with Crippen molar-refractivity contribution < 1.29 is 14.5 Å². The highest BCUT2D eigenvalue weighted by Gasteiger charge is 2.34. The molecule has 5 heteroatoms. The van der Waals surface area contributed by atoms with Crippen LogP contribution in [0.15, 0.2) is 54.3 Å². The highest BCUT2D eigenvalue weighted by Crippen LogP contribution is 2.24. The van der Waals surface area contributed by atoms with Gasteiger partial charge >= 0.3 is 0 Å². The van der Waals surface area contributed by atoms with Crippen molar-refractivity contribution in [1.82, 2.24) is 0 Å². The number of carbonyl (C=O) groups is 1.